The van der Waals surface area contributed by atoms with Gasteiger partial charge in [0.05, 0.1) is 32.9 Å². The van der Waals surface area contributed by atoms with Crippen LogP contribution in [-0.4, -0.2) is 42.3 Å². The van der Waals surface area contributed by atoms with Crippen LogP contribution in [-0.2, 0) is 13.0 Å². The lowest BCUT2D eigenvalue weighted by molar-refractivity contribution is 0.0189. The molecule has 1 heterocycles. The summed E-state index contributed by atoms with van der Waals surface area (Å²) in [6, 6.07) is 9.02. The van der Waals surface area contributed by atoms with Crippen LogP contribution in [0.25, 0.3) is 0 Å². The van der Waals surface area contributed by atoms with E-state index in [-0.39, 0.29) is 24.2 Å². The highest BCUT2D eigenvalue weighted by molar-refractivity contribution is 5.99. The molecular weight excluding hydrogens is 373 g/mol. The summed E-state index contributed by atoms with van der Waals surface area (Å²) in [5, 5.41) is 10.4. The van der Waals surface area contributed by atoms with Gasteiger partial charge in [-0.1, -0.05) is 25.0 Å². The molecule has 2 aromatic carbocycles. The van der Waals surface area contributed by atoms with Gasteiger partial charge in [0.1, 0.15) is 5.75 Å². The molecule has 0 saturated heterocycles. The van der Waals surface area contributed by atoms with Gasteiger partial charge in [0.2, 0.25) is 0 Å². The average Bonchev–Trinajstić information content (AvgIpc) is 3.06. The SMILES string of the molecule is COc1ccc(Cc2cc3c(c(F)c2OC)CN([C@H]2CCCC[C@@H]2O)C3=O)cc1. The van der Waals surface area contributed by atoms with Crippen molar-refractivity contribution in [1.82, 2.24) is 4.90 Å². The molecule has 0 aromatic heterocycles. The van der Waals surface area contributed by atoms with Crippen LogP contribution >= 0.6 is 0 Å². The summed E-state index contributed by atoms with van der Waals surface area (Å²) in [6.45, 7) is 0.181. The van der Waals surface area contributed by atoms with Gasteiger partial charge in [-0.25, -0.2) is 4.39 Å². The minimum absolute atomic E-state index is 0.179. The van der Waals surface area contributed by atoms with E-state index < -0.39 is 11.9 Å². The number of aliphatic hydroxyl groups excluding tert-OH is 1. The minimum atomic E-state index is -0.550. The van der Waals surface area contributed by atoms with Gasteiger partial charge in [-0.2, -0.15) is 0 Å². The van der Waals surface area contributed by atoms with Crippen LogP contribution in [0.15, 0.2) is 30.3 Å². The number of fused-ring (bicyclic) bond motifs is 1. The van der Waals surface area contributed by atoms with E-state index in [9.17, 15) is 9.90 Å². The van der Waals surface area contributed by atoms with E-state index in [1.165, 1.54) is 7.11 Å². The Balaban J connectivity index is 1.66. The number of methoxy groups -OCH3 is 2. The van der Waals surface area contributed by atoms with Gasteiger partial charge in [0.25, 0.3) is 5.91 Å². The maximum absolute atomic E-state index is 15.3. The van der Waals surface area contributed by atoms with Crippen molar-refractivity contribution in [1.29, 1.82) is 0 Å². The molecule has 4 rings (SSSR count). The van der Waals surface area contributed by atoms with Crippen molar-refractivity contribution >= 4 is 5.91 Å². The lowest BCUT2D eigenvalue weighted by Gasteiger charge is -2.35. The van der Waals surface area contributed by atoms with E-state index in [1.807, 2.05) is 24.3 Å². The summed E-state index contributed by atoms with van der Waals surface area (Å²) in [6.07, 6.45) is 3.25. The number of nitrogens with zero attached hydrogens (tertiary/aromatic N) is 1. The topological polar surface area (TPSA) is 59.0 Å². The lowest BCUT2D eigenvalue weighted by Crippen LogP contribution is -2.45. The van der Waals surface area contributed by atoms with Gasteiger partial charge in [-0.05, 0) is 36.6 Å². The number of halogens is 1. The van der Waals surface area contributed by atoms with Crippen molar-refractivity contribution in [3.63, 3.8) is 0 Å². The predicted octanol–water partition coefficient (Wildman–Crippen LogP) is 3.69. The first-order chi connectivity index (χ1) is 14.0. The molecule has 0 bridgehead atoms. The standard InChI is InChI=1S/C23H26FNO4/c1-28-16-9-7-14(8-10-16)11-15-12-17-18(21(24)22(15)29-2)13-25(23(17)27)19-5-3-4-6-20(19)26/h7-10,12,19-20,26H,3-6,11,13H2,1-2H3/t19-,20-/m0/s1. The monoisotopic (exact) mass is 399 g/mol. The quantitative estimate of drug-likeness (QED) is 0.833. The normalized spacial score (nSPS) is 21.2. The molecule has 1 amide bonds. The fraction of sp³-hybridized carbons (Fsp3) is 0.435. The second-order valence-electron chi connectivity index (χ2n) is 7.79. The molecule has 1 N–H and O–H groups in total. The molecular formula is C23H26FNO4. The maximum atomic E-state index is 15.3. The molecule has 1 aliphatic heterocycles. The Hall–Kier alpha value is -2.60. The van der Waals surface area contributed by atoms with Crippen molar-refractivity contribution in [2.45, 2.75) is 50.8 Å². The largest absolute Gasteiger partial charge is 0.497 e. The molecule has 1 saturated carbocycles. The summed E-state index contributed by atoms with van der Waals surface area (Å²) >= 11 is 0. The Morgan fingerprint density at radius 1 is 1.14 bits per heavy atom. The zero-order chi connectivity index (χ0) is 20.5. The number of carbonyl (C=O) groups is 1. The molecule has 2 atom stereocenters. The number of benzene rings is 2. The highest BCUT2D eigenvalue weighted by Gasteiger charge is 2.39. The van der Waals surface area contributed by atoms with Crippen molar-refractivity contribution in [2.24, 2.45) is 0 Å². The van der Waals surface area contributed by atoms with E-state index >= 15 is 4.39 Å². The number of hydrogen-bond donors (Lipinski definition) is 1. The Bertz CT molecular complexity index is 912. The highest BCUT2D eigenvalue weighted by Crippen LogP contribution is 2.38. The lowest BCUT2D eigenvalue weighted by atomic mass is 9.91. The predicted molar refractivity (Wildman–Crippen MR) is 107 cm³/mol. The molecule has 6 heteroatoms. The molecule has 0 radical (unpaired) electrons. The molecule has 2 aliphatic rings. The Kier molecular flexibility index (Phi) is 5.46. The summed E-state index contributed by atoms with van der Waals surface area (Å²) in [5.41, 5.74) is 2.34. The maximum Gasteiger partial charge on any atom is 0.254 e. The van der Waals surface area contributed by atoms with Crippen LogP contribution < -0.4 is 9.47 Å². The second kappa shape index (κ2) is 8.03. The number of carbonyl (C=O) groups excluding carboxylic acids is 1. The number of amides is 1. The summed E-state index contributed by atoms with van der Waals surface area (Å²) in [4.78, 5) is 14.7. The van der Waals surface area contributed by atoms with Gasteiger partial charge in [0.15, 0.2) is 11.6 Å². The van der Waals surface area contributed by atoms with E-state index in [0.717, 1.165) is 30.6 Å². The number of hydrogen-bond acceptors (Lipinski definition) is 4. The van der Waals surface area contributed by atoms with Crippen molar-refractivity contribution in [3.05, 3.63) is 58.4 Å². The van der Waals surface area contributed by atoms with Gasteiger partial charge < -0.3 is 19.5 Å². The van der Waals surface area contributed by atoms with Gasteiger partial charge >= 0.3 is 0 Å². The van der Waals surface area contributed by atoms with Crippen LogP contribution in [0.5, 0.6) is 11.5 Å². The zero-order valence-electron chi connectivity index (χ0n) is 16.8. The van der Waals surface area contributed by atoms with Crippen LogP contribution in [0.2, 0.25) is 0 Å². The first kappa shape index (κ1) is 19.7. The van der Waals surface area contributed by atoms with E-state index in [2.05, 4.69) is 0 Å². The molecule has 0 spiro atoms. The molecule has 29 heavy (non-hydrogen) atoms. The summed E-state index contributed by atoms with van der Waals surface area (Å²) < 4.78 is 25.8. The third kappa shape index (κ3) is 3.57. The Morgan fingerprint density at radius 2 is 1.86 bits per heavy atom. The third-order valence-electron chi connectivity index (χ3n) is 6.07. The molecule has 1 aliphatic carbocycles. The third-order valence-corrected chi connectivity index (χ3v) is 6.07. The average molecular weight is 399 g/mol. The van der Waals surface area contributed by atoms with E-state index in [4.69, 9.17) is 9.47 Å². The minimum Gasteiger partial charge on any atom is -0.497 e. The number of rotatable bonds is 5. The van der Waals surface area contributed by atoms with Gasteiger partial charge in [-0.15, -0.1) is 0 Å². The van der Waals surface area contributed by atoms with Crippen LogP contribution in [0.1, 0.15) is 52.7 Å². The van der Waals surface area contributed by atoms with Crippen LogP contribution in [0.3, 0.4) is 0 Å². The molecule has 2 aromatic rings. The summed E-state index contributed by atoms with van der Waals surface area (Å²) in [7, 11) is 3.05. The first-order valence-electron chi connectivity index (χ1n) is 10.0. The fourth-order valence-corrected chi connectivity index (χ4v) is 4.50. The van der Waals surface area contributed by atoms with Crippen LogP contribution in [0.4, 0.5) is 4.39 Å². The van der Waals surface area contributed by atoms with E-state index in [0.29, 0.717) is 29.5 Å². The first-order valence-corrected chi connectivity index (χ1v) is 10.0. The van der Waals surface area contributed by atoms with Gasteiger partial charge in [0, 0.05) is 23.1 Å². The van der Waals surface area contributed by atoms with Crippen molar-refractivity contribution < 1.29 is 23.8 Å². The zero-order valence-corrected chi connectivity index (χ0v) is 16.8. The van der Waals surface area contributed by atoms with Crippen molar-refractivity contribution in [3.8, 4) is 11.5 Å². The number of ether oxygens (including phenoxy) is 2. The molecule has 0 unspecified atom stereocenters. The van der Waals surface area contributed by atoms with Gasteiger partial charge in [-0.3, -0.25) is 4.79 Å². The van der Waals surface area contributed by atoms with Crippen molar-refractivity contribution in [2.75, 3.05) is 14.2 Å². The van der Waals surface area contributed by atoms with E-state index in [1.54, 1.807) is 18.1 Å². The van der Waals surface area contributed by atoms with Crippen LogP contribution in [0, 0.1) is 5.82 Å². The molecule has 5 nitrogen and oxygen atoms in total. The Morgan fingerprint density at radius 3 is 2.52 bits per heavy atom. The highest BCUT2D eigenvalue weighted by atomic mass is 19.1. The smallest absolute Gasteiger partial charge is 0.254 e. The fourth-order valence-electron chi connectivity index (χ4n) is 4.50. The molecule has 1 fully saturated rings. The second-order valence-corrected chi connectivity index (χ2v) is 7.79. The number of aliphatic hydroxyl groups is 1. The summed E-state index contributed by atoms with van der Waals surface area (Å²) in [5.74, 6) is 0.245. The Labute approximate surface area is 170 Å². The molecule has 154 valence electrons.